The first-order valence-electron chi connectivity index (χ1n) is 6.66. The Morgan fingerprint density at radius 3 is 2.24 bits per heavy atom. The van der Waals surface area contributed by atoms with Gasteiger partial charge < -0.3 is 10.2 Å². The van der Waals surface area contributed by atoms with Gasteiger partial charge in [0.05, 0.1) is 0 Å². The van der Waals surface area contributed by atoms with Crippen molar-refractivity contribution in [3.8, 4) is 0 Å². The smallest absolute Gasteiger partial charge is 0.0361 e. The predicted octanol–water partition coefficient (Wildman–Crippen LogP) is 3.17. The number of rotatable bonds is 5. The molecule has 2 rings (SSSR count). The molecule has 0 unspecified atom stereocenters. The maximum absolute atomic E-state index is 3.73. The van der Waals surface area contributed by atoms with Gasteiger partial charge in [0, 0.05) is 31.9 Å². The number of nitrogens with zero attached hydrogens (tertiary/aromatic N) is 1. The van der Waals surface area contributed by atoms with E-state index in [0.29, 0.717) is 5.54 Å². The molecule has 1 N–H and O–H groups in total. The topological polar surface area (TPSA) is 15.3 Å². The van der Waals surface area contributed by atoms with Crippen LogP contribution in [0, 0.1) is 0 Å². The number of nitrogens with one attached hydrogen (secondary N) is 1. The van der Waals surface area contributed by atoms with Crippen LogP contribution >= 0.6 is 0 Å². The van der Waals surface area contributed by atoms with Gasteiger partial charge in [-0.05, 0) is 43.4 Å². The largest absolute Gasteiger partial charge is 0.378 e. The van der Waals surface area contributed by atoms with E-state index in [1.54, 1.807) is 0 Å². The highest BCUT2D eigenvalue weighted by molar-refractivity contribution is 5.45. The third-order valence-electron chi connectivity index (χ3n) is 4.11. The maximum atomic E-state index is 3.73. The van der Waals surface area contributed by atoms with Crippen LogP contribution in [0.25, 0.3) is 0 Å². The van der Waals surface area contributed by atoms with Gasteiger partial charge >= 0.3 is 0 Å². The second-order valence-electron chi connectivity index (χ2n) is 5.40. The summed E-state index contributed by atoms with van der Waals surface area (Å²) in [6.45, 7) is 3.29. The SMILES string of the molecule is CCC1(NCc2ccc(N(C)C)cc2)CCC1. The second-order valence-corrected chi connectivity index (χ2v) is 5.40. The molecule has 0 spiro atoms. The molecule has 1 aromatic carbocycles. The summed E-state index contributed by atoms with van der Waals surface area (Å²) in [5.41, 5.74) is 3.10. The second kappa shape index (κ2) is 5.09. The molecule has 0 aliphatic heterocycles. The molecule has 0 radical (unpaired) electrons. The fourth-order valence-corrected chi connectivity index (χ4v) is 2.46. The minimum atomic E-state index is 0.445. The lowest BCUT2D eigenvalue weighted by molar-refractivity contribution is 0.175. The first-order chi connectivity index (χ1) is 8.15. The van der Waals surface area contributed by atoms with E-state index in [2.05, 4.69) is 55.5 Å². The Bertz CT molecular complexity index is 344. The highest BCUT2D eigenvalue weighted by Crippen LogP contribution is 2.34. The van der Waals surface area contributed by atoms with Crippen molar-refractivity contribution in [1.29, 1.82) is 0 Å². The first-order valence-corrected chi connectivity index (χ1v) is 6.66. The molecule has 1 aliphatic carbocycles. The standard InChI is InChI=1S/C15H24N2/c1-4-15(10-5-11-15)16-12-13-6-8-14(9-7-13)17(2)3/h6-9,16H,4-5,10-12H2,1-3H3. The normalized spacial score (nSPS) is 17.6. The van der Waals surface area contributed by atoms with Crippen LogP contribution in [-0.4, -0.2) is 19.6 Å². The summed E-state index contributed by atoms with van der Waals surface area (Å²) in [5.74, 6) is 0. The molecule has 1 aliphatic rings. The lowest BCUT2D eigenvalue weighted by Gasteiger charge is -2.42. The molecule has 0 aromatic heterocycles. The molecule has 0 saturated heterocycles. The summed E-state index contributed by atoms with van der Waals surface area (Å²) < 4.78 is 0. The van der Waals surface area contributed by atoms with Crippen molar-refractivity contribution in [3.63, 3.8) is 0 Å². The summed E-state index contributed by atoms with van der Waals surface area (Å²) in [7, 11) is 4.15. The minimum Gasteiger partial charge on any atom is -0.378 e. The third-order valence-corrected chi connectivity index (χ3v) is 4.11. The zero-order valence-corrected chi connectivity index (χ0v) is 11.3. The zero-order valence-electron chi connectivity index (χ0n) is 11.3. The van der Waals surface area contributed by atoms with Gasteiger partial charge in [0.25, 0.3) is 0 Å². The highest BCUT2D eigenvalue weighted by atomic mass is 15.1. The van der Waals surface area contributed by atoms with Crippen LogP contribution in [0.1, 0.15) is 38.2 Å². The summed E-state index contributed by atoms with van der Waals surface area (Å²) >= 11 is 0. The van der Waals surface area contributed by atoms with E-state index in [1.807, 2.05) is 0 Å². The molecule has 94 valence electrons. The fourth-order valence-electron chi connectivity index (χ4n) is 2.46. The van der Waals surface area contributed by atoms with E-state index in [9.17, 15) is 0 Å². The Kier molecular flexibility index (Phi) is 3.72. The van der Waals surface area contributed by atoms with Gasteiger partial charge in [0.1, 0.15) is 0 Å². The number of benzene rings is 1. The average molecular weight is 232 g/mol. The van der Waals surface area contributed by atoms with Crippen LogP contribution < -0.4 is 10.2 Å². The first kappa shape index (κ1) is 12.4. The summed E-state index contributed by atoms with van der Waals surface area (Å²) in [6.07, 6.45) is 5.34. The van der Waals surface area contributed by atoms with Crippen molar-refractivity contribution in [2.45, 2.75) is 44.7 Å². The van der Waals surface area contributed by atoms with Crippen molar-refractivity contribution in [2.24, 2.45) is 0 Å². The van der Waals surface area contributed by atoms with E-state index in [1.165, 1.54) is 36.9 Å². The number of hydrogen-bond donors (Lipinski definition) is 1. The molecule has 1 fully saturated rings. The van der Waals surface area contributed by atoms with Crippen LogP contribution in [0.4, 0.5) is 5.69 Å². The van der Waals surface area contributed by atoms with Gasteiger partial charge in [-0.1, -0.05) is 19.1 Å². The van der Waals surface area contributed by atoms with E-state index in [-0.39, 0.29) is 0 Å². The van der Waals surface area contributed by atoms with Crippen molar-refractivity contribution in [3.05, 3.63) is 29.8 Å². The van der Waals surface area contributed by atoms with Crippen molar-refractivity contribution in [2.75, 3.05) is 19.0 Å². The number of anilines is 1. The summed E-state index contributed by atoms with van der Waals surface area (Å²) in [5, 5.41) is 3.73. The molecule has 1 aromatic rings. The van der Waals surface area contributed by atoms with Crippen molar-refractivity contribution < 1.29 is 0 Å². The molecule has 2 nitrogen and oxygen atoms in total. The Morgan fingerprint density at radius 2 is 1.82 bits per heavy atom. The highest BCUT2D eigenvalue weighted by Gasteiger charge is 2.33. The van der Waals surface area contributed by atoms with Crippen LogP contribution in [0.15, 0.2) is 24.3 Å². The van der Waals surface area contributed by atoms with Gasteiger partial charge in [-0.3, -0.25) is 0 Å². The van der Waals surface area contributed by atoms with E-state index in [4.69, 9.17) is 0 Å². The van der Waals surface area contributed by atoms with Crippen LogP contribution in [0.3, 0.4) is 0 Å². The Balaban J connectivity index is 1.91. The summed E-state index contributed by atoms with van der Waals surface area (Å²) in [4.78, 5) is 2.14. The minimum absolute atomic E-state index is 0.445. The van der Waals surface area contributed by atoms with Gasteiger partial charge in [0.15, 0.2) is 0 Å². The molecular formula is C15H24N2. The van der Waals surface area contributed by atoms with E-state index in [0.717, 1.165) is 6.54 Å². The van der Waals surface area contributed by atoms with Gasteiger partial charge in [-0.15, -0.1) is 0 Å². The molecule has 0 atom stereocenters. The van der Waals surface area contributed by atoms with Crippen LogP contribution in [0.2, 0.25) is 0 Å². The molecule has 0 amide bonds. The zero-order chi connectivity index (χ0) is 12.3. The van der Waals surface area contributed by atoms with Crippen molar-refractivity contribution in [1.82, 2.24) is 5.32 Å². The average Bonchev–Trinajstić information content (AvgIpc) is 2.29. The lowest BCUT2D eigenvalue weighted by Crippen LogP contribution is -2.49. The van der Waals surface area contributed by atoms with E-state index >= 15 is 0 Å². The number of hydrogen-bond acceptors (Lipinski definition) is 2. The molecule has 0 heterocycles. The molecule has 1 saturated carbocycles. The lowest BCUT2D eigenvalue weighted by atomic mass is 9.75. The summed E-state index contributed by atoms with van der Waals surface area (Å²) in [6, 6.07) is 8.83. The molecule has 0 bridgehead atoms. The molecular weight excluding hydrogens is 208 g/mol. The van der Waals surface area contributed by atoms with Crippen LogP contribution in [0.5, 0.6) is 0 Å². The Morgan fingerprint density at radius 1 is 1.18 bits per heavy atom. The Labute approximate surface area is 105 Å². The third kappa shape index (κ3) is 2.81. The van der Waals surface area contributed by atoms with E-state index < -0.39 is 0 Å². The predicted molar refractivity (Wildman–Crippen MR) is 74.5 cm³/mol. The van der Waals surface area contributed by atoms with Gasteiger partial charge in [0.2, 0.25) is 0 Å². The Hall–Kier alpha value is -1.02. The maximum Gasteiger partial charge on any atom is 0.0361 e. The fraction of sp³-hybridized carbons (Fsp3) is 0.600. The van der Waals surface area contributed by atoms with Gasteiger partial charge in [-0.25, -0.2) is 0 Å². The molecule has 2 heteroatoms. The van der Waals surface area contributed by atoms with Crippen LogP contribution in [-0.2, 0) is 6.54 Å². The quantitative estimate of drug-likeness (QED) is 0.839. The van der Waals surface area contributed by atoms with Crippen molar-refractivity contribution >= 4 is 5.69 Å². The molecule has 17 heavy (non-hydrogen) atoms. The van der Waals surface area contributed by atoms with Gasteiger partial charge in [-0.2, -0.15) is 0 Å². The monoisotopic (exact) mass is 232 g/mol.